The van der Waals surface area contributed by atoms with Gasteiger partial charge in [0.1, 0.15) is 23.0 Å². The van der Waals surface area contributed by atoms with Crippen LogP contribution in [0.15, 0.2) is 44.3 Å². The van der Waals surface area contributed by atoms with E-state index in [-0.39, 0.29) is 12.5 Å². The molecule has 0 aliphatic carbocycles. The molecule has 116 valence electrons. The molecule has 0 aliphatic heterocycles. The van der Waals surface area contributed by atoms with Gasteiger partial charge >= 0.3 is 0 Å². The van der Waals surface area contributed by atoms with Crippen LogP contribution in [0.25, 0.3) is 0 Å². The van der Waals surface area contributed by atoms with E-state index in [1.165, 1.54) is 6.21 Å². The monoisotopic (exact) mass is 366 g/mol. The number of halogens is 1. The maximum atomic E-state index is 11.6. The van der Waals surface area contributed by atoms with Crippen LogP contribution in [0.1, 0.15) is 11.5 Å². The Labute approximate surface area is 136 Å². The molecule has 6 nitrogen and oxygen atoms in total. The molecule has 0 unspecified atom stereocenters. The van der Waals surface area contributed by atoms with Gasteiger partial charge in [-0.15, -0.1) is 0 Å². The number of nitrogens with zero attached hydrogens (tertiary/aromatic N) is 1. The first-order valence-corrected chi connectivity index (χ1v) is 7.22. The van der Waals surface area contributed by atoms with E-state index >= 15 is 0 Å². The highest BCUT2D eigenvalue weighted by Crippen LogP contribution is 2.28. The van der Waals surface area contributed by atoms with E-state index in [2.05, 4.69) is 26.5 Å². The number of carbonyl (C=O) groups excluding carboxylic acids is 1. The lowest BCUT2D eigenvalue weighted by molar-refractivity contribution is -0.123. The number of furan rings is 1. The lowest BCUT2D eigenvalue weighted by Crippen LogP contribution is -2.24. The number of nitrogens with one attached hydrogen (secondary N) is 1. The summed E-state index contributed by atoms with van der Waals surface area (Å²) >= 11 is 3.34. The van der Waals surface area contributed by atoms with Gasteiger partial charge in [0.25, 0.3) is 5.91 Å². The van der Waals surface area contributed by atoms with Crippen LogP contribution in [0.2, 0.25) is 0 Å². The molecule has 1 aromatic carbocycles. The van der Waals surface area contributed by atoms with Crippen molar-refractivity contribution in [1.29, 1.82) is 0 Å². The molecule has 0 saturated carbocycles. The van der Waals surface area contributed by atoms with Gasteiger partial charge in [0, 0.05) is 0 Å². The van der Waals surface area contributed by atoms with E-state index in [9.17, 15) is 4.79 Å². The van der Waals surface area contributed by atoms with Crippen molar-refractivity contribution in [3.8, 4) is 11.5 Å². The minimum absolute atomic E-state index is 0.153. The Morgan fingerprint density at radius 2 is 2.23 bits per heavy atom. The van der Waals surface area contributed by atoms with Crippen LogP contribution < -0.4 is 14.9 Å². The van der Waals surface area contributed by atoms with Gasteiger partial charge < -0.3 is 13.9 Å². The van der Waals surface area contributed by atoms with Crippen LogP contribution in [0.3, 0.4) is 0 Å². The topological polar surface area (TPSA) is 73.1 Å². The molecule has 1 N–H and O–H groups in total. The number of methoxy groups -OCH3 is 1. The summed E-state index contributed by atoms with van der Waals surface area (Å²) < 4.78 is 16.5. The predicted molar refractivity (Wildman–Crippen MR) is 85.4 cm³/mol. The number of carbonyl (C=O) groups is 1. The maximum Gasteiger partial charge on any atom is 0.277 e. The zero-order chi connectivity index (χ0) is 15.9. The molecule has 0 atom stereocenters. The SMILES string of the molecule is COc1ccc(OCC(=O)N/N=C\c2ccc(C)o2)c(Br)c1. The Hall–Kier alpha value is -2.28. The van der Waals surface area contributed by atoms with Crippen molar-refractivity contribution < 1.29 is 18.7 Å². The van der Waals surface area contributed by atoms with E-state index in [1.807, 2.05) is 13.0 Å². The highest BCUT2D eigenvalue weighted by Gasteiger charge is 2.06. The summed E-state index contributed by atoms with van der Waals surface area (Å²) in [6.07, 6.45) is 1.42. The van der Waals surface area contributed by atoms with Crippen molar-refractivity contribution in [1.82, 2.24) is 5.43 Å². The smallest absolute Gasteiger partial charge is 0.277 e. The van der Waals surface area contributed by atoms with Gasteiger partial charge in [-0.05, 0) is 53.2 Å². The molecular formula is C15H15BrN2O4. The Morgan fingerprint density at radius 1 is 1.41 bits per heavy atom. The quantitative estimate of drug-likeness (QED) is 0.630. The second kappa shape index (κ2) is 7.65. The molecule has 0 radical (unpaired) electrons. The van der Waals surface area contributed by atoms with Crippen molar-refractivity contribution in [2.75, 3.05) is 13.7 Å². The number of rotatable bonds is 6. The summed E-state index contributed by atoms with van der Waals surface area (Å²) in [7, 11) is 1.58. The Balaban J connectivity index is 1.81. The number of hydrazone groups is 1. The van der Waals surface area contributed by atoms with Gasteiger partial charge in [-0.25, -0.2) is 5.43 Å². The normalized spacial score (nSPS) is 10.7. The average Bonchev–Trinajstić information content (AvgIpc) is 2.91. The van der Waals surface area contributed by atoms with Crippen molar-refractivity contribution >= 4 is 28.1 Å². The molecule has 1 aromatic heterocycles. The molecule has 0 saturated heterocycles. The van der Waals surface area contributed by atoms with Gasteiger partial charge in [0.2, 0.25) is 0 Å². The molecular weight excluding hydrogens is 352 g/mol. The van der Waals surface area contributed by atoms with Crippen LogP contribution in [-0.2, 0) is 4.79 Å². The molecule has 2 rings (SSSR count). The lowest BCUT2D eigenvalue weighted by atomic mass is 10.3. The van der Waals surface area contributed by atoms with Crippen LogP contribution in [-0.4, -0.2) is 25.8 Å². The number of hydrogen-bond donors (Lipinski definition) is 1. The van der Waals surface area contributed by atoms with E-state index in [0.29, 0.717) is 21.7 Å². The third-order valence-electron chi connectivity index (χ3n) is 2.64. The van der Waals surface area contributed by atoms with E-state index in [1.54, 1.807) is 31.4 Å². The number of amides is 1. The van der Waals surface area contributed by atoms with Crippen molar-refractivity contribution in [3.63, 3.8) is 0 Å². The third-order valence-corrected chi connectivity index (χ3v) is 3.26. The van der Waals surface area contributed by atoms with Crippen LogP contribution in [0, 0.1) is 6.92 Å². The van der Waals surface area contributed by atoms with Gasteiger partial charge in [-0.3, -0.25) is 4.79 Å². The van der Waals surface area contributed by atoms with Gasteiger partial charge in [-0.2, -0.15) is 5.10 Å². The van der Waals surface area contributed by atoms with Crippen LogP contribution in [0.5, 0.6) is 11.5 Å². The highest BCUT2D eigenvalue weighted by molar-refractivity contribution is 9.10. The molecule has 2 aromatic rings. The Morgan fingerprint density at radius 3 is 2.86 bits per heavy atom. The molecule has 0 bridgehead atoms. The number of aryl methyl sites for hydroxylation is 1. The van der Waals surface area contributed by atoms with E-state index < -0.39 is 0 Å². The summed E-state index contributed by atoms with van der Waals surface area (Å²) in [4.78, 5) is 11.6. The molecule has 0 fully saturated rings. The molecule has 1 amide bonds. The molecule has 1 heterocycles. The highest BCUT2D eigenvalue weighted by atomic mass is 79.9. The summed E-state index contributed by atoms with van der Waals surface area (Å²) in [5.74, 6) is 2.21. The van der Waals surface area contributed by atoms with Crippen LogP contribution in [0.4, 0.5) is 0 Å². The second-order valence-electron chi connectivity index (χ2n) is 4.33. The standard InChI is InChI=1S/C15H15BrN2O4/c1-10-3-4-12(22-10)8-17-18-15(19)9-21-14-6-5-11(20-2)7-13(14)16/h3-8H,9H2,1-2H3,(H,18,19)/b17-8-. The number of benzene rings is 1. The minimum Gasteiger partial charge on any atom is -0.497 e. The lowest BCUT2D eigenvalue weighted by Gasteiger charge is -2.08. The summed E-state index contributed by atoms with van der Waals surface area (Å²) in [5.41, 5.74) is 2.36. The Kier molecular flexibility index (Phi) is 5.60. The molecule has 22 heavy (non-hydrogen) atoms. The molecule has 7 heteroatoms. The van der Waals surface area contributed by atoms with E-state index in [0.717, 1.165) is 5.76 Å². The number of hydrogen-bond acceptors (Lipinski definition) is 5. The van der Waals surface area contributed by atoms with Crippen molar-refractivity contribution in [2.45, 2.75) is 6.92 Å². The first-order chi connectivity index (χ1) is 10.6. The summed E-state index contributed by atoms with van der Waals surface area (Å²) in [6, 6.07) is 8.79. The maximum absolute atomic E-state index is 11.6. The summed E-state index contributed by atoms with van der Waals surface area (Å²) in [5, 5.41) is 3.79. The summed E-state index contributed by atoms with van der Waals surface area (Å²) in [6.45, 7) is 1.68. The predicted octanol–water partition coefficient (Wildman–Crippen LogP) is 2.89. The van der Waals surface area contributed by atoms with Gasteiger partial charge in [-0.1, -0.05) is 0 Å². The minimum atomic E-state index is -0.373. The Bertz CT molecular complexity index is 682. The first-order valence-electron chi connectivity index (χ1n) is 6.43. The van der Waals surface area contributed by atoms with E-state index in [4.69, 9.17) is 13.9 Å². The zero-order valence-corrected chi connectivity index (χ0v) is 13.7. The molecule has 0 spiro atoms. The fraction of sp³-hybridized carbons (Fsp3) is 0.200. The number of ether oxygens (including phenoxy) is 2. The second-order valence-corrected chi connectivity index (χ2v) is 5.18. The average molecular weight is 367 g/mol. The van der Waals surface area contributed by atoms with Gasteiger partial charge in [0.05, 0.1) is 17.8 Å². The van der Waals surface area contributed by atoms with Crippen LogP contribution >= 0.6 is 15.9 Å². The third kappa shape index (κ3) is 4.63. The zero-order valence-electron chi connectivity index (χ0n) is 12.1. The fourth-order valence-corrected chi connectivity index (χ4v) is 2.06. The fourth-order valence-electron chi connectivity index (χ4n) is 1.59. The first kappa shape index (κ1) is 16.1. The molecule has 0 aliphatic rings. The largest absolute Gasteiger partial charge is 0.497 e. The van der Waals surface area contributed by atoms with Crippen molar-refractivity contribution in [2.24, 2.45) is 5.10 Å². The van der Waals surface area contributed by atoms with Crippen molar-refractivity contribution in [3.05, 3.63) is 46.3 Å². The van der Waals surface area contributed by atoms with Gasteiger partial charge in [0.15, 0.2) is 6.61 Å².